The predicted molar refractivity (Wildman–Crippen MR) is 293 cm³/mol. The zero-order chi connectivity index (χ0) is 49.3. The highest BCUT2D eigenvalue weighted by Crippen LogP contribution is 2.16. The second kappa shape index (κ2) is 57.2. The molecule has 0 bridgehead atoms. The Morgan fingerprint density at radius 3 is 0.765 bits per heavy atom. The van der Waals surface area contributed by atoms with Crippen LogP contribution in [0.4, 0.5) is 0 Å². The van der Waals surface area contributed by atoms with Crippen molar-refractivity contribution in [2.75, 3.05) is 13.2 Å². The van der Waals surface area contributed by atoms with Crippen molar-refractivity contribution in [1.29, 1.82) is 0 Å². The van der Waals surface area contributed by atoms with Gasteiger partial charge in [-0.05, 0) is 96.3 Å². The van der Waals surface area contributed by atoms with E-state index in [-0.39, 0.29) is 31.1 Å². The van der Waals surface area contributed by atoms with Gasteiger partial charge in [-0.1, -0.05) is 243 Å². The third-order valence-electron chi connectivity index (χ3n) is 13.3. The molecule has 0 saturated carbocycles. The minimum absolute atomic E-state index is 0.0761. The first kappa shape index (κ1) is 65.6. The van der Waals surface area contributed by atoms with Gasteiger partial charge in [0.2, 0.25) is 0 Å². The summed E-state index contributed by atoms with van der Waals surface area (Å²) in [7, 11) is 0. The second-order valence-corrected chi connectivity index (χ2v) is 20.2. The van der Waals surface area contributed by atoms with Crippen molar-refractivity contribution < 1.29 is 28.6 Å². The number of allylic oxidation sites excluding steroid dienone is 6. The highest BCUT2D eigenvalue weighted by molar-refractivity contribution is 5.71. The van der Waals surface area contributed by atoms with Gasteiger partial charge in [-0.2, -0.15) is 0 Å². The summed E-state index contributed by atoms with van der Waals surface area (Å²) in [5.74, 6) is -0.879. The summed E-state index contributed by atoms with van der Waals surface area (Å²) in [6.07, 6.45) is 68.6. The molecule has 0 rings (SSSR count). The Labute approximate surface area is 423 Å². The van der Waals surface area contributed by atoms with Crippen LogP contribution in [0.25, 0.3) is 0 Å². The van der Waals surface area contributed by atoms with Crippen LogP contribution in [-0.4, -0.2) is 37.2 Å². The maximum absolute atomic E-state index is 12.8. The van der Waals surface area contributed by atoms with Crippen molar-refractivity contribution in [3.8, 4) is 0 Å². The quantitative estimate of drug-likeness (QED) is 0.0262. The van der Waals surface area contributed by atoms with E-state index in [4.69, 9.17) is 14.2 Å². The zero-order valence-corrected chi connectivity index (χ0v) is 45.6. The van der Waals surface area contributed by atoms with Crippen molar-refractivity contribution in [1.82, 2.24) is 0 Å². The van der Waals surface area contributed by atoms with Crippen LogP contribution in [0.5, 0.6) is 0 Å². The predicted octanol–water partition coefficient (Wildman–Crippen LogP) is 20.0. The van der Waals surface area contributed by atoms with Crippen LogP contribution in [0, 0.1) is 0 Å². The van der Waals surface area contributed by atoms with Crippen molar-refractivity contribution in [2.24, 2.45) is 0 Å². The third kappa shape index (κ3) is 54.6. The molecule has 0 heterocycles. The molecule has 0 aliphatic heterocycles. The minimum atomic E-state index is -0.778. The van der Waals surface area contributed by atoms with Crippen molar-refractivity contribution >= 4 is 17.9 Å². The summed E-state index contributed by atoms with van der Waals surface area (Å²) < 4.78 is 16.9. The Kier molecular flexibility index (Phi) is 55.2. The number of carbonyl (C=O) groups excluding carboxylic acids is 3. The van der Waals surface area contributed by atoms with Crippen LogP contribution in [0.1, 0.15) is 323 Å². The average Bonchev–Trinajstić information content (AvgIpc) is 3.34. The molecule has 0 amide bonds. The molecule has 398 valence electrons. The minimum Gasteiger partial charge on any atom is -0.462 e. The number of ether oxygens (including phenoxy) is 3. The van der Waals surface area contributed by atoms with Crippen LogP contribution in [0.2, 0.25) is 0 Å². The van der Waals surface area contributed by atoms with Crippen LogP contribution in [0.3, 0.4) is 0 Å². The zero-order valence-electron chi connectivity index (χ0n) is 45.6. The molecule has 0 aromatic carbocycles. The normalized spacial score (nSPS) is 12.2. The topological polar surface area (TPSA) is 78.9 Å². The number of hydrogen-bond donors (Lipinski definition) is 0. The lowest BCUT2D eigenvalue weighted by Crippen LogP contribution is -2.30. The summed E-state index contributed by atoms with van der Waals surface area (Å²) in [6.45, 7) is 6.63. The number of rotatable bonds is 55. The van der Waals surface area contributed by atoms with Crippen LogP contribution < -0.4 is 0 Å². The van der Waals surface area contributed by atoms with Gasteiger partial charge >= 0.3 is 17.9 Å². The third-order valence-corrected chi connectivity index (χ3v) is 13.3. The van der Waals surface area contributed by atoms with Crippen LogP contribution in [0.15, 0.2) is 36.5 Å². The lowest BCUT2D eigenvalue weighted by Gasteiger charge is -2.18. The Morgan fingerprint density at radius 2 is 0.485 bits per heavy atom. The monoisotopic (exact) mass is 955 g/mol. The van der Waals surface area contributed by atoms with Gasteiger partial charge in [0.15, 0.2) is 6.10 Å². The first-order valence-electron chi connectivity index (χ1n) is 30.0. The lowest BCUT2D eigenvalue weighted by atomic mass is 10.0. The van der Waals surface area contributed by atoms with Gasteiger partial charge in [-0.3, -0.25) is 14.4 Å². The summed E-state index contributed by atoms with van der Waals surface area (Å²) in [5, 5.41) is 0. The molecule has 0 saturated heterocycles. The highest BCUT2D eigenvalue weighted by Gasteiger charge is 2.19. The molecule has 68 heavy (non-hydrogen) atoms. The van der Waals surface area contributed by atoms with Gasteiger partial charge < -0.3 is 14.2 Å². The van der Waals surface area contributed by atoms with Crippen LogP contribution >= 0.6 is 0 Å². The molecular weight excluding hydrogens is 841 g/mol. The summed E-state index contributed by atoms with van der Waals surface area (Å²) in [4.78, 5) is 38.1. The van der Waals surface area contributed by atoms with E-state index in [1.165, 1.54) is 212 Å². The van der Waals surface area contributed by atoms with Crippen molar-refractivity contribution in [3.63, 3.8) is 0 Å². The number of unbranched alkanes of at least 4 members (excludes halogenated alkanes) is 38. The van der Waals surface area contributed by atoms with E-state index >= 15 is 0 Å². The van der Waals surface area contributed by atoms with E-state index in [1.54, 1.807) is 0 Å². The number of carbonyl (C=O) groups is 3. The molecule has 0 N–H and O–H groups in total. The molecule has 0 fully saturated rings. The van der Waals surface area contributed by atoms with E-state index in [0.29, 0.717) is 19.3 Å². The van der Waals surface area contributed by atoms with Gasteiger partial charge in [0.05, 0.1) is 0 Å². The average molecular weight is 956 g/mol. The first-order chi connectivity index (χ1) is 33.5. The van der Waals surface area contributed by atoms with E-state index in [9.17, 15) is 14.4 Å². The molecule has 0 aromatic rings. The molecule has 0 aliphatic carbocycles. The first-order valence-corrected chi connectivity index (χ1v) is 30.0. The number of esters is 3. The second-order valence-electron chi connectivity index (χ2n) is 20.2. The van der Waals surface area contributed by atoms with E-state index in [2.05, 4.69) is 57.2 Å². The summed E-state index contributed by atoms with van der Waals surface area (Å²) >= 11 is 0. The lowest BCUT2D eigenvalue weighted by molar-refractivity contribution is -0.167. The molecular formula is C62H114O6. The molecule has 0 spiro atoms. The van der Waals surface area contributed by atoms with Gasteiger partial charge in [0.25, 0.3) is 0 Å². The summed E-state index contributed by atoms with van der Waals surface area (Å²) in [6, 6.07) is 0. The summed E-state index contributed by atoms with van der Waals surface area (Å²) in [5.41, 5.74) is 0. The maximum atomic E-state index is 12.8. The van der Waals surface area contributed by atoms with Gasteiger partial charge in [0.1, 0.15) is 13.2 Å². The molecule has 0 aliphatic rings. The van der Waals surface area contributed by atoms with Gasteiger partial charge in [0, 0.05) is 19.3 Å². The van der Waals surface area contributed by atoms with E-state index in [0.717, 1.165) is 70.6 Å². The Bertz CT molecular complexity index is 1140. The molecule has 0 radical (unpaired) electrons. The van der Waals surface area contributed by atoms with Gasteiger partial charge in [-0.15, -0.1) is 0 Å². The van der Waals surface area contributed by atoms with E-state index in [1.807, 2.05) is 0 Å². The van der Waals surface area contributed by atoms with Crippen LogP contribution in [-0.2, 0) is 28.6 Å². The highest BCUT2D eigenvalue weighted by atomic mass is 16.6. The Balaban J connectivity index is 4.26. The number of hydrogen-bond acceptors (Lipinski definition) is 6. The van der Waals surface area contributed by atoms with Crippen molar-refractivity contribution in [2.45, 2.75) is 329 Å². The maximum Gasteiger partial charge on any atom is 0.306 e. The molecule has 1 atom stereocenters. The fraction of sp³-hybridized carbons (Fsp3) is 0.855. The van der Waals surface area contributed by atoms with Gasteiger partial charge in [-0.25, -0.2) is 0 Å². The molecule has 6 heteroatoms. The fourth-order valence-corrected chi connectivity index (χ4v) is 8.78. The molecule has 1 unspecified atom stereocenters. The molecule has 6 nitrogen and oxygen atoms in total. The Morgan fingerprint density at radius 1 is 0.279 bits per heavy atom. The SMILES string of the molecule is CCCCC/C=C\CCCCCCCC(=O)OCC(COC(=O)CCCCCCCCCCCCC/C=C\CCCCCCCCCC)OC(=O)CCCCCCC/C=C\CCCCCCCC. The molecule has 0 aromatic heterocycles. The fourth-order valence-electron chi connectivity index (χ4n) is 8.78. The largest absolute Gasteiger partial charge is 0.462 e. The van der Waals surface area contributed by atoms with E-state index < -0.39 is 6.10 Å². The standard InChI is InChI=1S/C62H114O6/c1-4-7-10-13-16-19-22-25-27-28-29-30-31-32-33-34-36-37-40-43-46-49-52-55-61(64)67-58-59(57-66-60(63)54-51-48-45-42-39-24-21-18-15-12-9-6-3)68-62(65)56-53-50-47-44-41-38-35-26-23-20-17-14-11-8-5-2/h18,21,26,28-29,35,59H,4-17,19-20,22-25,27,30-34,36-58H2,1-3H3/b21-18-,29-28-,35-26-. The van der Waals surface area contributed by atoms with Crippen molar-refractivity contribution in [3.05, 3.63) is 36.5 Å². The Hall–Kier alpha value is -2.37. The smallest absolute Gasteiger partial charge is 0.306 e.